The van der Waals surface area contributed by atoms with Crippen LogP contribution in [-0.4, -0.2) is 16.7 Å². The third kappa shape index (κ3) is 3.04. The van der Waals surface area contributed by atoms with E-state index >= 15 is 0 Å². The van der Waals surface area contributed by atoms with Crippen LogP contribution in [0.25, 0.3) is 0 Å². The number of carbonyl (C=O) groups excluding carboxylic acids is 2. The van der Waals surface area contributed by atoms with Crippen molar-refractivity contribution < 1.29 is 9.59 Å². The fourth-order valence-electron chi connectivity index (χ4n) is 1.62. The molecule has 0 saturated heterocycles. The van der Waals surface area contributed by atoms with E-state index in [1.807, 2.05) is 19.9 Å². The maximum absolute atomic E-state index is 11.9. The predicted octanol–water partition coefficient (Wildman–Crippen LogP) is 2.52. The molecule has 0 fully saturated rings. The zero-order chi connectivity index (χ0) is 13.8. The summed E-state index contributed by atoms with van der Waals surface area (Å²) in [5.41, 5.74) is 2.22. The average Bonchev–Trinajstić information content (AvgIpc) is 2.41. The Morgan fingerprint density at radius 3 is 2.37 bits per heavy atom. The second-order valence-electron chi connectivity index (χ2n) is 4.32. The molecule has 1 aromatic carbocycles. The van der Waals surface area contributed by atoms with E-state index in [9.17, 15) is 9.59 Å². The Morgan fingerprint density at radius 2 is 1.74 bits per heavy atom. The highest BCUT2D eigenvalue weighted by molar-refractivity contribution is 6.46. The molecule has 0 atom stereocenters. The maximum Gasteiger partial charge on any atom is 0.297 e. The van der Waals surface area contributed by atoms with Gasteiger partial charge in [-0.05, 0) is 25.5 Å². The second kappa shape index (κ2) is 5.44. The molecule has 0 radical (unpaired) electrons. The molecule has 1 N–H and O–H groups in total. The smallest absolute Gasteiger partial charge is 0.297 e. The third-order valence-corrected chi connectivity index (χ3v) is 2.76. The largest absolute Gasteiger partial charge is 0.303 e. The zero-order valence-corrected chi connectivity index (χ0v) is 10.8. The summed E-state index contributed by atoms with van der Waals surface area (Å²) in [6, 6.07) is 10.5. The summed E-state index contributed by atoms with van der Waals surface area (Å²) in [7, 11) is 0. The van der Waals surface area contributed by atoms with Crippen LogP contribution in [0.5, 0.6) is 0 Å². The van der Waals surface area contributed by atoms with Gasteiger partial charge < -0.3 is 5.32 Å². The van der Waals surface area contributed by atoms with E-state index in [1.54, 1.807) is 36.5 Å². The average molecular weight is 254 g/mol. The quantitative estimate of drug-likeness (QED) is 0.676. The first kappa shape index (κ1) is 13.0. The Morgan fingerprint density at radius 1 is 1.05 bits per heavy atom. The Labute approximate surface area is 111 Å². The standard InChI is InChI=1S/C15H14N2O2/c1-10-5-7-12(8-6-10)13(18)15(19)17-14-11(2)4-3-9-16-14/h3-9H,1-2H3,(H,16,17,19). The van der Waals surface area contributed by atoms with E-state index in [4.69, 9.17) is 0 Å². The van der Waals surface area contributed by atoms with Gasteiger partial charge in [-0.25, -0.2) is 4.98 Å². The van der Waals surface area contributed by atoms with E-state index < -0.39 is 11.7 Å². The lowest BCUT2D eigenvalue weighted by molar-refractivity contribution is -0.112. The summed E-state index contributed by atoms with van der Waals surface area (Å²) < 4.78 is 0. The maximum atomic E-state index is 11.9. The number of nitrogens with zero attached hydrogens (tertiary/aromatic N) is 1. The van der Waals surface area contributed by atoms with Gasteiger partial charge >= 0.3 is 0 Å². The molecule has 0 bridgehead atoms. The molecule has 2 rings (SSSR count). The van der Waals surface area contributed by atoms with Crippen LogP contribution in [0.15, 0.2) is 42.6 Å². The van der Waals surface area contributed by atoms with Crippen LogP contribution < -0.4 is 5.32 Å². The third-order valence-electron chi connectivity index (χ3n) is 2.76. The number of amides is 1. The lowest BCUT2D eigenvalue weighted by Gasteiger charge is -2.06. The van der Waals surface area contributed by atoms with Gasteiger partial charge in [-0.2, -0.15) is 0 Å². The number of rotatable bonds is 3. The van der Waals surface area contributed by atoms with Crippen molar-refractivity contribution in [2.45, 2.75) is 13.8 Å². The Bertz CT molecular complexity index is 618. The normalized spacial score (nSPS) is 10.0. The van der Waals surface area contributed by atoms with Crippen LogP contribution in [0, 0.1) is 13.8 Å². The molecule has 96 valence electrons. The zero-order valence-electron chi connectivity index (χ0n) is 10.8. The molecule has 0 saturated carbocycles. The number of Topliss-reactive ketones (excluding diaryl/α,β-unsaturated/α-hetero) is 1. The minimum atomic E-state index is -0.675. The van der Waals surface area contributed by atoms with Crippen molar-refractivity contribution in [3.63, 3.8) is 0 Å². The van der Waals surface area contributed by atoms with Gasteiger partial charge in [0.05, 0.1) is 0 Å². The number of benzene rings is 1. The summed E-state index contributed by atoms with van der Waals surface area (Å²) in [6.45, 7) is 3.74. The number of hydrogen-bond acceptors (Lipinski definition) is 3. The van der Waals surface area contributed by atoms with Gasteiger partial charge in [0.15, 0.2) is 0 Å². The number of aromatic nitrogens is 1. The number of aryl methyl sites for hydroxylation is 2. The molecule has 0 unspecified atom stereocenters. The summed E-state index contributed by atoms with van der Waals surface area (Å²) in [5, 5.41) is 2.52. The number of ketones is 1. The van der Waals surface area contributed by atoms with Crippen LogP contribution in [0.1, 0.15) is 21.5 Å². The summed E-state index contributed by atoms with van der Waals surface area (Å²) in [4.78, 5) is 27.8. The van der Waals surface area contributed by atoms with Crippen LogP contribution in [0.3, 0.4) is 0 Å². The molecular weight excluding hydrogens is 240 g/mol. The minimum absolute atomic E-state index is 0.372. The number of pyridine rings is 1. The number of hydrogen-bond donors (Lipinski definition) is 1. The van der Waals surface area contributed by atoms with Crippen LogP contribution in [-0.2, 0) is 4.79 Å². The van der Waals surface area contributed by atoms with Crippen LogP contribution in [0.4, 0.5) is 5.82 Å². The predicted molar refractivity (Wildman–Crippen MR) is 73.1 cm³/mol. The van der Waals surface area contributed by atoms with Gasteiger partial charge in [0.2, 0.25) is 0 Å². The molecule has 2 aromatic rings. The van der Waals surface area contributed by atoms with Gasteiger partial charge in [0.1, 0.15) is 5.82 Å². The first-order valence-electron chi connectivity index (χ1n) is 5.92. The van der Waals surface area contributed by atoms with Crippen molar-refractivity contribution in [3.05, 3.63) is 59.3 Å². The van der Waals surface area contributed by atoms with Gasteiger partial charge in [-0.1, -0.05) is 35.9 Å². The molecular formula is C15H14N2O2. The number of carbonyl (C=O) groups is 2. The molecule has 0 aliphatic carbocycles. The Kier molecular flexibility index (Phi) is 3.71. The fraction of sp³-hybridized carbons (Fsp3) is 0.133. The summed E-state index contributed by atoms with van der Waals surface area (Å²) >= 11 is 0. The molecule has 0 spiro atoms. The highest BCUT2D eigenvalue weighted by Crippen LogP contribution is 2.10. The molecule has 19 heavy (non-hydrogen) atoms. The summed E-state index contributed by atoms with van der Waals surface area (Å²) in [6.07, 6.45) is 1.57. The molecule has 0 aliphatic rings. The molecule has 4 heteroatoms. The topological polar surface area (TPSA) is 59.1 Å². The lowest BCUT2D eigenvalue weighted by atomic mass is 10.1. The van der Waals surface area contributed by atoms with Crippen LogP contribution >= 0.6 is 0 Å². The van der Waals surface area contributed by atoms with Crippen LogP contribution in [0.2, 0.25) is 0 Å². The van der Waals surface area contributed by atoms with Crippen molar-refractivity contribution >= 4 is 17.5 Å². The van der Waals surface area contributed by atoms with Crippen molar-refractivity contribution in [2.24, 2.45) is 0 Å². The van der Waals surface area contributed by atoms with E-state index in [0.29, 0.717) is 11.4 Å². The van der Waals surface area contributed by atoms with Gasteiger partial charge in [-0.15, -0.1) is 0 Å². The molecule has 1 aromatic heterocycles. The second-order valence-corrected chi connectivity index (χ2v) is 4.32. The minimum Gasteiger partial charge on any atom is -0.303 e. The lowest BCUT2D eigenvalue weighted by Crippen LogP contribution is -2.23. The van der Waals surface area contributed by atoms with Crippen molar-refractivity contribution in [1.29, 1.82) is 0 Å². The SMILES string of the molecule is Cc1ccc(C(=O)C(=O)Nc2ncccc2C)cc1. The highest BCUT2D eigenvalue weighted by Gasteiger charge is 2.17. The van der Waals surface area contributed by atoms with Crippen molar-refractivity contribution in [3.8, 4) is 0 Å². The van der Waals surface area contributed by atoms with Gasteiger partial charge in [0, 0.05) is 11.8 Å². The highest BCUT2D eigenvalue weighted by atomic mass is 16.2. The molecule has 0 aliphatic heterocycles. The van der Waals surface area contributed by atoms with Crippen molar-refractivity contribution in [1.82, 2.24) is 4.98 Å². The van der Waals surface area contributed by atoms with E-state index in [0.717, 1.165) is 11.1 Å². The molecule has 1 amide bonds. The van der Waals surface area contributed by atoms with Gasteiger partial charge in [0.25, 0.3) is 11.7 Å². The van der Waals surface area contributed by atoms with Gasteiger partial charge in [-0.3, -0.25) is 9.59 Å². The molecule has 1 heterocycles. The Hall–Kier alpha value is -2.49. The first-order valence-corrected chi connectivity index (χ1v) is 5.92. The summed E-state index contributed by atoms with van der Waals surface area (Å²) in [5.74, 6) is -0.830. The van der Waals surface area contributed by atoms with E-state index in [2.05, 4.69) is 10.3 Å². The molecule has 4 nitrogen and oxygen atoms in total. The van der Waals surface area contributed by atoms with E-state index in [1.165, 1.54) is 0 Å². The van der Waals surface area contributed by atoms with E-state index in [-0.39, 0.29) is 0 Å². The number of nitrogens with one attached hydrogen (secondary N) is 1. The monoisotopic (exact) mass is 254 g/mol. The number of anilines is 1. The fourth-order valence-corrected chi connectivity index (χ4v) is 1.62. The van der Waals surface area contributed by atoms with Crippen molar-refractivity contribution in [2.75, 3.05) is 5.32 Å². The first-order chi connectivity index (χ1) is 9.08. The Balaban J connectivity index is 2.14.